The molecular formula is C15H22N4O2. The van der Waals surface area contributed by atoms with Crippen molar-refractivity contribution >= 4 is 5.91 Å². The van der Waals surface area contributed by atoms with Crippen LogP contribution in [-0.2, 0) is 24.3 Å². The van der Waals surface area contributed by atoms with Gasteiger partial charge in [0.1, 0.15) is 6.54 Å². The van der Waals surface area contributed by atoms with Gasteiger partial charge in [-0.2, -0.15) is 5.10 Å². The lowest BCUT2D eigenvalue weighted by atomic mass is 10.1. The summed E-state index contributed by atoms with van der Waals surface area (Å²) in [5.74, 6) is 0.0142. The van der Waals surface area contributed by atoms with Gasteiger partial charge in [-0.25, -0.2) is 4.68 Å². The van der Waals surface area contributed by atoms with E-state index in [2.05, 4.69) is 10.4 Å². The largest absolute Gasteiger partial charge is 0.341 e. The Morgan fingerprint density at radius 1 is 1.24 bits per heavy atom. The van der Waals surface area contributed by atoms with E-state index in [0.717, 1.165) is 50.2 Å². The van der Waals surface area contributed by atoms with Crippen molar-refractivity contribution in [2.75, 3.05) is 19.6 Å². The van der Waals surface area contributed by atoms with Crippen LogP contribution in [0.25, 0.3) is 0 Å². The third-order valence-electron chi connectivity index (χ3n) is 4.26. The molecule has 6 heteroatoms. The van der Waals surface area contributed by atoms with Crippen LogP contribution in [0.3, 0.4) is 0 Å². The minimum Gasteiger partial charge on any atom is -0.341 e. The molecule has 1 aromatic rings. The number of fused-ring (bicyclic) bond motifs is 1. The maximum Gasteiger partial charge on any atom is 0.267 e. The summed E-state index contributed by atoms with van der Waals surface area (Å²) in [5, 5.41) is 7.61. The summed E-state index contributed by atoms with van der Waals surface area (Å²) < 4.78 is 1.33. The number of amides is 1. The number of carbonyl (C=O) groups is 1. The predicted octanol–water partition coefficient (Wildman–Crippen LogP) is 0.292. The van der Waals surface area contributed by atoms with Crippen LogP contribution in [0.5, 0.6) is 0 Å². The van der Waals surface area contributed by atoms with Gasteiger partial charge in [-0.3, -0.25) is 9.59 Å². The first-order valence-electron chi connectivity index (χ1n) is 7.82. The molecule has 3 rings (SSSR count). The number of nitrogens with one attached hydrogen (secondary N) is 1. The van der Waals surface area contributed by atoms with Gasteiger partial charge in [0.05, 0.1) is 5.69 Å². The van der Waals surface area contributed by atoms with Gasteiger partial charge in [0.25, 0.3) is 5.56 Å². The molecule has 0 aromatic carbocycles. The first-order chi connectivity index (χ1) is 10.2. The normalized spacial score (nSPS) is 19.0. The third-order valence-corrected chi connectivity index (χ3v) is 4.26. The lowest BCUT2D eigenvalue weighted by Gasteiger charge is -2.21. The quantitative estimate of drug-likeness (QED) is 0.850. The van der Waals surface area contributed by atoms with Crippen molar-refractivity contribution in [2.24, 2.45) is 0 Å². The molecule has 21 heavy (non-hydrogen) atoms. The fourth-order valence-electron chi connectivity index (χ4n) is 3.02. The molecule has 1 fully saturated rings. The molecule has 0 bridgehead atoms. The zero-order valence-corrected chi connectivity index (χ0v) is 12.3. The number of hydrogen-bond acceptors (Lipinski definition) is 4. The van der Waals surface area contributed by atoms with Crippen LogP contribution in [0.15, 0.2) is 10.9 Å². The summed E-state index contributed by atoms with van der Waals surface area (Å²) in [6, 6.07) is 1.62. The van der Waals surface area contributed by atoms with Crippen LogP contribution in [0.4, 0.5) is 0 Å². The zero-order chi connectivity index (χ0) is 14.7. The van der Waals surface area contributed by atoms with Crippen molar-refractivity contribution in [2.45, 2.75) is 45.2 Å². The van der Waals surface area contributed by atoms with E-state index in [4.69, 9.17) is 0 Å². The first-order valence-corrected chi connectivity index (χ1v) is 7.82. The van der Waals surface area contributed by atoms with Crippen LogP contribution in [-0.4, -0.2) is 40.2 Å². The molecule has 1 N–H and O–H groups in total. The molecule has 1 aromatic heterocycles. The van der Waals surface area contributed by atoms with Crippen LogP contribution in [0.2, 0.25) is 0 Å². The zero-order valence-electron chi connectivity index (χ0n) is 12.3. The van der Waals surface area contributed by atoms with Gasteiger partial charge in [-0.1, -0.05) is 12.8 Å². The summed E-state index contributed by atoms with van der Waals surface area (Å²) in [6.07, 6.45) is 5.31. The summed E-state index contributed by atoms with van der Waals surface area (Å²) in [6.45, 7) is 3.25. The fourth-order valence-corrected chi connectivity index (χ4v) is 3.02. The number of rotatable bonds is 2. The van der Waals surface area contributed by atoms with Gasteiger partial charge in [-0.15, -0.1) is 0 Å². The van der Waals surface area contributed by atoms with Gasteiger partial charge in [0.2, 0.25) is 5.91 Å². The smallest absolute Gasteiger partial charge is 0.267 e. The van der Waals surface area contributed by atoms with Gasteiger partial charge in [0.15, 0.2) is 0 Å². The molecule has 0 spiro atoms. The number of carbonyl (C=O) groups excluding carboxylic acids is 1. The van der Waals surface area contributed by atoms with Crippen LogP contribution < -0.4 is 10.9 Å². The lowest BCUT2D eigenvalue weighted by molar-refractivity contribution is -0.132. The van der Waals surface area contributed by atoms with E-state index in [1.54, 1.807) is 6.07 Å². The highest BCUT2D eigenvalue weighted by Crippen LogP contribution is 2.11. The molecule has 3 heterocycles. The number of likely N-dealkylation sites (tertiary alicyclic amines) is 1. The Balaban J connectivity index is 1.74. The average Bonchev–Trinajstić information content (AvgIpc) is 2.77. The second-order valence-electron chi connectivity index (χ2n) is 5.83. The molecule has 2 aliphatic rings. The third kappa shape index (κ3) is 3.32. The number of aromatic nitrogens is 2. The minimum absolute atomic E-state index is 0.0142. The molecule has 1 amide bonds. The van der Waals surface area contributed by atoms with E-state index in [9.17, 15) is 9.59 Å². The molecular weight excluding hydrogens is 268 g/mol. The van der Waals surface area contributed by atoms with Gasteiger partial charge in [0, 0.05) is 38.7 Å². The number of nitrogens with zero attached hydrogens (tertiary/aromatic N) is 3. The topological polar surface area (TPSA) is 67.2 Å². The highest BCUT2D eigenvalue weighted by atomic mass is 16.2. The molecule has 0 aliphatic carbocycles. The molecule has 1 saturated heterocycles. The van der Waals surface area contributed by atoms with Crippen molar-refractivity contribution in [1.82, 2.24) is 20.0 Å². The van der Waals surface area contributed by atoms with Crippen LogP contribution >= 0.6 is 0 Å². The highest BCUT2D eigenvalue weighted by Gasteiger charge is 2.18. The monoisotopic (exact) mass is 290 g/mol. The molecule has 6 nitrogen and oxygen atoms in total. The van der Waals surface area contributed by atoms with E-state index in [1.807, 2.05) is 4.90 Å². The molecule has 0 unspecified atom stereocenters. The molecule has 2 aliphatic heterocycles. The van der Waals surface area contributed by atoms with E-state index in [0.29, 0.717) is 6.54 Å². The summed E-state index contributed by atoms with van der Waals surface area (Å²) in [7, 11) is 0. The van der Waals surface area contributed by atoms with Gasteiger partial charge < -0.3 is 10.2 Å². The van der Waals surface area contributed by atoms with Crippen LogP contribution in [0.1, 0.15) is 36.9 Å². The molecule has 0 saturated carbocycles. The first kappa shape index (κ1) is 14.3. The Morgan fingerprint density at radius 2 is 2.00 bits per heavy atom. The lowest BCUT2D eigenvalue weighted by Crippen LogP contribution is -2.39. The van der Waals surface area contributed by atoms with Crippen molar-refractivity contribution < 1.29 is 4.79 Å². The summed E-state index contributed by atoms with van der Waals surface area (Å²) in [4.78, 5) is 26.3. The van der Waals surface area contributed by atoms with E-state index in [1.165, 1.54) is 17.5 Å². The average molecular weight is 290 g/mol. The van der Waals surface area contributed by atoms with Crippen molar-refractivity contribution in [3.05, 3.63) is 27.7 Å². The molecule has 114 valence electrons. The Labute approximate surface area is 124 Å². The Kier molecular flexibility index (Phi) is 4.34. The van der Waals surface area contributed by atoms with Crippen molar-refractivity contribution in [3.8, 4) is 0 Å². The Morgan fingerprint density at radius 3 is 2.76 bits per heavy atom. The number of hydrogen-bond donors (Lipinski definition) is 1. The van der Waals surface area contributed by atoms with Crippen molar-refractivity contribution in [3.63, 3.8) is 0 Å². The minimum atomic E-state index is -0.180. The maximum absolute atomic E-state index is 12.4. The standard InChI is InChI=1S/C15H22N4O2/c20-14-9-12-10-16-6-5-13(12)17-19(14)11-15(21)18-7-3-1-2-4-8-18/h9,16H,1-8,10-11H2. The second kappa shape index (κ2) is 6.39. The van der Waals surface area contributed by atoms with Crippen molar-refractivity contribution in [1.29, 1.82) is 0 Å². The van der Waals surface area contributed by atoms with Gasteiger partial charge >= 0.3 is 0 Å². The van der Waals surface area contributed by atoms with Crippen LogP contribution in [0, 0.1) is 0 Å². The SMILES string of the molecule is O=C(Cn1nc2c(cc1=O)CNCC2)N1CCCCCC1. The van der Waals surface area contributed by atoms with E-state index < -0.39 is 0 Å². The van der Waals surface area contributed by atoms with E-state index in [-0.39, 0.29) is 18.0 Å². The molecule has 0 radical (unpaired) electrons. The second-order valence-corrected chi connectivity index (χ2v) is 5.83. The predicted molar refractivity (Wildman–Crippen MR) is 79.0 cm³/mol. The van der Waals surface area contributed by atoms with E-state index >= 15 is 0 Å². The fraction of sp³-hybridized carbons (Fsp3) is 0.667. The van der Waals surface area contributed by atoms with Gasteiger partial charge in [-0.05, 0) is 18.4 Å². The summed E-state index contributed by atoms with van der Waals surface area (Å²) >= 11 is 0. The Bertz CT molecular complexity index is 574. The maximum atomic E-state index is 12.4. The molecule has 0 atom stereocenters. The Hall–Kier alpha value is -1.69. The highest BCUT2D eigenvalue weighted by molar-refractivity contribution is 5.75. The summed E-state index contributed by atoms with van der Waals surface area (Å²) in [5.41, 5.74) is 1.72.